The normalized spacial score (nSPS) is 10.6. The predicted octanol–water partition coefficient (Wildman–Crippen LogP) is 4.07. The van der Waals surface area contributed by atoms with E-state index in [1.807, 2.05) is 6.07 Å². The standard InChI is InChI=1S/C27H29N3O6/c1-5-36-23(32)13-14-28-27(35)30(24-25(33)17(2)16-29(4)26(24)34)22-8-6-7-21(15-22)20-11-9-19(10-12-20)18(3)31/h6-12,15-16,33H,5,13-14H2,1-4H3,(H,28,35). The number of urea groups is 1. The lowest BCUT2D eigenvalue weighted by atomic mass is 10.0. The average molecular weight is 492 g/mol. The molecule has 0 spiro atoms. The van der Waals surface area contributed by atoms with Gasteiger partial charge in [-0.3, -0.25) is 19.3 Å². The molecule has 2 amide bonds. The lowest BCUT2D eigenvalue weighted by Crippen LogP contribution is -2.41. The number of hydrogen-bond acceptors (Lipinski definition) is 6. The molecule has 0 aliphatic carbocycles. The fraction of sp³-hybridized carbons (Fsp3) is 0.259. The third kappa shape index (κ3) is 5.80. The average Bonchev–Trinajstić information content (AvgIpc) is 2.85. The molecule has 188 valence electrons. The van der Waals surface area contributed by atoms with Crippen molar-refractivity contribution in [1.29, 1.82) is 0 Å². The molecule has 3 aromatic rings. The van der Waals surface area contributed by atoms with Gasteiger partial charge in [0.1, 0.15) is 5.75 Å². The molecule has 0 aliphatic heterocycles. The highest BCUT2D eigenvalue weighted by molar-refractivity contribution is 6.01. The number of hydrogen-bond donors (Lipinski definition) is 2. The summed E-state index contributed by atoms with van der Waals surface area (Å²) < 4.78 is 6.18. The number of esters is 1. The molecule has 1 heterocycles. The minimum atomic E-state index is -0.693. The predicted molar refractivity (Wildman–Crippen MR) is 137 cm³/mol. The van der Waals surface area contributed by atoms with Gasteiger partial charge in [-0.05, 0) is 44.0 Å². The number of pyridine rings is 1. The van der Waals surface area contributed by atoms with E-state index >= 15 is 0 Å². The van der Waals surface area contributed by atoms with E-state index in [1.54, 1.807) is 56.3 Å². The van der Waals surface area contributed by atoms with Gasteiger partial charge in [-0.1, -0.05) is 36.4 Å². The summed E-state index contributed by atoms with van der Waals surface area (Å²) in [6, 6.07) is 13.2. The van der Waals surface area contributed by atoms with Crippen LogP contribution in [0.1, 0.15) is 36.2 Å². The number of nitrogens with one attached hydrogen (secondary N) is 1. The van der Waals surface area contributed by atoms with E-state index in [2.05, 4.69) is 5.32 Å². The van der Waals surface area contributed by atoms with Crippen LogP contribution < -0.4 is 15.8 Å². The molecular weight excluding hydrogens is 462 g/mol. The second-order valence-electron chi connectivity index (χ2n) is 8.23. The Balaban J connectivity index is 2.05. The summed E-state index contributed by atoms with van der Waals surface area (Å²) in [5, 5.41) is 13.4. The van der Waals surface area contributed by atoms with Crippen LogP contribution in [0.15, 0.2) is 59.5 Å². The molecule has 0 fully saturated rings. The quantitative estimate of drug-likeness (QED) is 0.362. The second-order valence-corrected chi connectivity index (χ2v) is 8.23. The number of benzene rings is 2. The zero-order chi connectivity index (χ0) is 26.4. The Kier molecular flexibility index (Phi) is 8.26. The molecule has 0 atom stereocenters. The summed E-state index contributed by atoms with van der Waals surface area (Å²) in [5.74, 6) is -0.837. The molecule has 36 heavy (non-hydrogen) atoms. The van der Waals surface area contributed by atoms with E-state index in [0.717, 1.165) is 16.0 Å². The van der Waals surface area contributed by atoms with E-state index in [4.69, 9.17) is 4.74 Å². The minimum Gasteiger partial charge on any atom is -0.505 e. The molecule has 3 rings (SSSR count). The third-order valence-electron chi connectivity index (χ3n) is 5.57. The first kappa shape index (κ1) is 26.2. The van der Waals surface area contributed by atoms with Gasteiger partial charge in [0, 0.05) is 30.9 Å². The summed E-state index contributed by atoms with van der Waals surface area (Å²) in [4.78, 5) is 50.8. The molecule has 2 N–H and O–H groups in total. The summed E-state index contributed by atoms with van der Waals surface area (Å²) >= 11 is 0. The molecule has 0 aliphatic rings. The number of Topliss-reactive ketones (excluding diaryl/α,β-unsaturated/α-hetero) is 1. The fourth-order valence-corrected chi connectivity index (χ4v) is 3.72. The number of carbonyl (C=O) groups excluding carboxylic acids is 3. The van der Waals surface area contributed by atoms with Crippen molar-refractivity contribution in [3.8, 4) is 16.9 Å². The Morgan fingerprint density at radius 1 is 1.08 bits per heavy atom. The molecule has 0 bridgehead atoms. The van der Waals surface area contributed by atoms with Gasteiger partial charge in [0.2, 0.25) is 0 Å². The Morgan fingerprint density at radius 3 is 2.42 bits per heavy atom. The molecule has 2 aromatic carbocycles. The topological polar surface area (TPSA) is 118 Å². The van der Waals surface area contributed by atoms with Crippen molar-refractivity contribution in [3.05, 3.63) is 76.2 Å². The van der Waals surface area contributed by atoms with Gasteiger partial charge in [0.25, 0.3) is 5.56 Å². The summed E-state index contributed by atoms with van der Waals surface area (Å²) in [5.41, 5.74) is 2.06. The van der Waals surface area contributed by atoms with E-state index in [0.29, 0.717) is 16.8 Å². The van der Waals surface area contributed by atoms with E-state index < -0.39 is 17.6 Å². The van der Waals surface area contributed by atoms with Crippen LogP contribution in [0.25, 0.3) is 11.1 Å². The van der Waals surface area contributed by atoms with Crippen molar-refractivity contribution in [3.63, 3.8) is 0 Å². The Morgan fingerprint density at radius 2 is 1.78 bits per heavy atom. The van der Waals surface area contributed by atoms with Crippen LogP contribution in [0.5, 0.6) is 5.75 Å². The molecule has 9 heteroatoms. The lowest BCUT2D eigenvalue weighted by molar-refractivity contribution is -0.142. The molecule has 0 unspecified atom stereocenters. The maximum atomic E-state index is 13.3. The lowest BCUT2D eigenvalue weighted by Gasteiger charge is -2.25. The highest BCUT2D eigenvalue weighted by Crippen LogP contribution is 2.34. The van der Waals surface area contributed by atoms with Crippen LogP contribution in [0, 0.1) is 6.92 Å². The van der Waals surface area contributed by atoms with E-state index in [9.17, 15) is 24.3 Å². The zero-order valence-corrected chi connectivity index (χ0v) is 20.7. The second kappa shape index (κ2) is 11.4. The van der Waals surface area contributed by atoms with Crippen molar-refractivity contribution in [2.24, 2.45) is 7.05 Å². The number of nitrogens with zero attached hydrogens (tertiary/aromatic N) is 2. The van der Waals surface area contributed by atoms with Gasteiger partial charge in [-0.25, -0.2) is 4.79 Å². The van der Waals surface area contributed by atoms with E-state index in [-0.39, 0.29) is 36.8 Å². The SMILES string of the molecule is CCOC(=O)CCNC(=O)N(c1cccc(-c2ccc(C(C)=O)cc2)c1)c1c(O)c(C)cn(C)c1=O. The number of aryl methyl sites for hydroxylation is 2. The molecular formula is C27H29N3O6. The molecule has 9 nitrogen and oxygen atoms in total. The number of rotatable bonds is 8. The van der Waals surface area contributed by atoms with Gasteiger partial charge in [-0.15, -0.1) is 0 Å². The molecule has 0 saturated heterocycles. The smallest absolute Gasteiger partial charge is 0.326 e. The van der Waals surface area contributed by atoms with Crippen molar-refractivity contribution in [1.82, 2.24) is 9.88 Å². The number of amides is 2. The fourth-order valence-electron chi connectivity index (χ4n) is 3.72. The summed E-state index contributed by atoms with van der Waals surface area (Å²) in [6.07, 6.45) is 1.43. The Labute approximate surface area is 208 Å². The largest absolute Gasteiger partial charge is 0.505 e. The number of ketones is 1. The highest BCUT2D eigenvalue weighted by atomic mass is 16.5. The maximum absolute atomic E-state index is 13.3. The van der Waals surface area contributed by atoms with Gasteiger partial charge < -0.3 is 19.7 Å². The monoisotopic (exact) mass is 491 g/mol. The van der Waals surface area contributed by atoms with Crippen LogP contribution in [-0.4, -0.2) is 40.6 Å². The Hall–Kier alpha value is -4.40. The van der Waals surface area contributed by atoms with Crippen molar-refractivity contribution in [2.75, 3.05) is 18.1 Å². The minimum absolute atomic E-state index is 0.0206. The van der Waals surface area contributed by atoms with Gasteiger partial charge in [0.15, 0.2) is 11.5 Å². The molecule has 0 radical (unpaired) electrons. The number of ether oxygens (including phenoxy) is 1. The van der Waals surface area contributed by atoms with Crippen LogP contribution in [0.3, 0.4) is 0 Å². The van der Waals surface area contributed by atoms with E-state index in [1.165, 1.54) is 24.7 Å². The number of aromatic hydroxyl groups is 1. The van der Waals surface area contributed by atoms with Crippen molar-refractivity contribution in [2.45, 2.75) is 27.2 Å². The first-order valence-corrected chi connectivity index (χ1v) is 11.5. The maximum Gasteiger partial charge on any atom is 0.326 e. The number of carbonyl (C=O) groups is 3. The molecule has 1 aromatic heterocycles. The first-order chi connectivity index (χ1) is 17.1. The van der Waals surface area contributed by atoms with Crippen LogP contribution in [0.2, 0.25) is 0 Å². The van der Waals surface area contributed by atoms with Crippen LogP contribution >= 0.6 is 0 Å². The van der Waals surface area contributed by atoms with Crippen LogP contribution in [0.4, 0.5) is 16.2 Å². The number of aromatic nitrogens is 1. The van der Waals surface area contributed by atoms with Crippen molar-refractivity contribution >= 4 is 29.2 Å². The third-order valence-corrected chi connectivity index (χ3v) is 5.57. The van der Waals surface area contributed by atoms with Crippen molar-refractivity contribution < 1.29 is 24.2 Å². The summed E-state index contributed by atoms with van der Waals surface area (Å²) in [7, 11) is 1.53. The van der Waals surface area contributed by atoms with Gasteiger partial charge in [-0.2, -0.15) is 0 Å². The van der Waals surface area contributed by atoms with Gasteiger partial charge in [0.05, 0.1) is 18.7 Å². The molecule has 0 saturated carbocycles. The first-order valence-electron chi connectivity index (χ1n) is 11.5. The number of anilines is 2. The Bertz CT molecular complexity index is 1340. The zero-order valence-electron chi connectivity index (χ0n) is 20.7. The van der Waals surface area contributed by atoms with Crippen LogP contribution in [-0.2, 0) is 16.6 Å². The highest BCUT2D eigenvalue weighted by Gasteiger charge is 2.26. The van der Waals surface area contributed by atoms with Gasteiger partial charge >= 0.3 is 12.0 Å². The summed E-state index contributed by atoms with van der Waals surface area (Å²) in [6.45, 7) is 5.01.